The van der Waals surface area contributed by atoms with E-state index in [1.54, 1.807) is 12.4 Å². The Morgan fingerprint density at radius 3 is 2.25 bits per heavy atom. The molecule has 0 aliphatic carbocycles. The van der Waals surface area contributed by atoms with Gasteiger partial charge in [-0.1, -0.05) is 0 Å². The van der Waals surface area contributed by atoms with Crippen molar-refractivity contribution in [3.63, 3.8) is 0 Å². The Bertz CT molecular complexity index is 444. The molecule has 0 amide bonds. The van der Waals surface area contributed by atoms with Gasteiger partial charge in [0.25, 0.3) is 0 Å². The van der Waals surface area contributed by atoms with Crippen LogP contribution < -0.4 is 5.14 Å². The zero-order valence-electron chi connectivity index (χ0n) is 9.41. The first-order valence-electron chi connectivity index (χ1n) is 4.69. The Hall–Kier alpha value is -1.05. The van der Waals surface area contributed by atoms with Crippen LogP contribution in [-0.2, 0) is 14.8 Å². The molecule has 0 radical (unpaired) electrons. The summed E-state index contributed by atoms with van der Waals surface area (Å²) >= 11 is 0. The summed E-state index contributed by atoms with van der Waals surface area (Å²) in [6, 6.07) is 0. The van der Waals surface area contributed by atoms with Gasteiger partial charge in [0.15, 0.2) is 5.82 Å². The molecule has 1 aromatic rings. The minimum Gasteiger partial charge on any atom is -0.372 e. The van der Waals surface area contributed by atoms with E-state index in [9.17, 15) is 8.42 Å². The van der Waals surface area contributed by atoms with E-state index < -0.39 is 21.4 Å². The molecule has 0 saturated carbocycles. The summed E-state index contributed by atoms with van der Waals surface area (Å²) in [5.74, 6) is 0.314. The van der Waals surface area contributed by atoms with Gasteiger partial charge in [-0.15, -0.1) is 0 Å². The molecule has 16 heavy (non-hydrogen) atoms. The highest BCUT2D eigenvalue weighted by atomic mass is 32.2. The molecule has 2 N–H and O–H groups in total. The molecule has 0 spiro atoms. The smallest absolute Gasteiger partial charge is 0.214 e. The maximum atomic E-state index is 11.2. The predicted octanol–water partition coefficient (Wildman–Crippen LogP) is 0.150. The van der Waals surface area contributed by atoms with Crippen LogP contribution in [0.1, 0.15) is 24.4 Å². The first-order chi connectivity index (χ1) is 7.36. The predicted molar refractivity (Wildman–Crippen MR) is 59.1 cm³/mol. The summed E-state index contributed by atoms with van der Waals surface area (Å²) < 4.78 is 27.5. The van der Waals surface area contributed by atoms with Gasteiger partial charge < -0.3 is 4.74 Å². The lowest BCUT2D eigenvalue weighted by Gasteiger charge is -2.19. The van der Waals surface area contributed by atoms with Gasteiger partial charge in [-0.2, -0.15) is 0 Å². The molecule has 2 atom stereocenters. The maximum Gasteiger partial charge on any atom is 0.214 e. The van der Waals surface area contributed by atoms with Crippen molar-refractivity contribution >= 4 is 10.0 Å². The van der Waals surface area contributed by atoms with Crippen molar-refractivity contribution in [1.29, 1.82) is 0 Å². The molecule has 0 saturated heterocycles. The van der Waals surface area contributed by atoms with Crippen molar-refractivity contribution in [2.45, 2.75) is 25.2 Å². The van der Waals surface area contributed by atoms with Gasteiger partial charge in [-0.25, -0.2) is 23.5 Å². The van der Waals surface area contributed by atoms with Crippen LogP contribution in [0.3, 0.4) is 0 Å². The topological polar surface area (TPSA) is 95.2 Å². The average molecular weight is 245 g/mol. The fraction of sp³-hybridized carbons (Fsp3) is 0.556. The highest BCUT2D eigenvalue weighted by Crippen LogP contribution is 2.20. The summed E-state index contributed by atoms with van der Waals surface area (Å²) in [6.07, 6.45) is 2.45. The number of hydrogen-bond donors (Lipinski definition) is 1. The van der Waals surface area contributed by atoms with Crippen LogP contribution in [0.5, 0.6) is 0 Å². The van der Waals surface area contributed by atoms with Crippen molar-refractivity contribution in [2.24, 2.45) is 5.14 Å². The number of aromatic nitrogens is 2. The molecule has 1 aromatic heterocycles. The van der Waals surface area contributed by atoms with Gasteiger partial charge in [0.1, 0.15) is 11.4 Å². The summed E-state index contributed by atoms with van der Waals surface area (Å²) in [5.41, 5.74) is 0.891. The molecule has 0 aromatic carbocycles. The van der Waals surface area contributed by atoms with E-state index in [-0.39, 0.29) is 0 Å². The van der Waals surface area contributed by atoms with E-state index in [4.69, 9.17) is 9.88 Å². The highest BCUT2D eigenvalue weighted by molar-refractivity contribution is 7.89. The maximum absolute atomic E-state index is 11.2. The SMILES string of the molecule is CO[C@H](c1ncc(C)cn1)[C@H](C)S(N)(=O)=O. The van der Waals surface area contributed by atoms with Crippen LogP contribution in [0.25, 0.3) is 0 Å². The van der Waals surface area contributed by atoms with E-state index in [0.717, 1.165) is 5.56 Å². The molecular formula is C9H15N3O3S. The van der Waals surface area contributed by atoms with Gasteiger partial charge >= 0.3 is 0 Å². The number of sulfonamides is 1. The number of primary sulfonamides is 1. The van der Waals surface area contributed by atoms with Crippen LogP contribution in [0.15, 0.2) is 12.4 Å². The Labute approximate surface area is 94.9 Å². The van der Waals surface area contributed by atoms with Crippen molar-refractivity contribution in [1.82, 2.24) is 9.97 Å². The number of nitrogens with zero attached hydrogens (tertiary/aromatic N) is 2. The Morgan fingerprint density at radius 2 is 1.88 bits per heavy atom. The standard InChI is InChI=1S/C9H15N3O3S/c1-6-4-11-9(12-5-6)8(15-3)7(2)16(10,13)14/h4-5,7-8H,1-3H3,(H2,10,13,14)/t7-,8-/m0/s1. The molecule has 0 aliphatic rings. The Balaban J connectivity index is 3.03. The lowest BCUT2D eigenvalue weighted by atomic mass is 10.2. The van der Waals surface area contributed by atoms with Crippen molar-refractivity contribution in [3.8, 4) is 0 Å². The van der Waals surface area contributed by atoms with E-state index in [2.05, 4.69) is 9.97 Å². The van der Waals surface area contributed by atoms with E-state index in [1.165, 1.54) is 14.0 Å². The quantitative estimate of drug-likeness (QED) is 0.814. The van der Waals surface area contributed by atoms with Crippen LogP contribution in [0.4, 0.5) is 0 Å². The van der Waals surface area contributed by atoms with E-state index in [1.807, 2.05) is 6.92 Å². The molecule has 1 rings (SSSR count). The van der Waals surface area contributed by atoms with Crippen molar-refractivity contribution < 1.29 is 13.2 Å². The number of rotatable bonds is 4. The lowest BCUT2D eigenvalue weighted by molar-refractivity contribution is 0.0948. The highest BCUT2D eigenvalue weighted by Gasteiger charge is 2.29. The third-order valence-electron chi connectivity index (χ3n) is 2.25. The fourth-order valence-corrected chi connectivity index (χ4v) is 1.81. The summed E-state index contributed by atoms with van der Waals surface area (Å²) in [5, 5.41) is 4.17. The second kappa shape index (κ2) is 4.86. The van der Waals surface area contributed by atoms with Crippen LogP contribution in [0, 0.1) is 6.92 Å². The second-order valence-electron chi connectivity index (χ2n) is 3.57. The molecule has 0 unspecified atom stereocenters. The van der Waals surface area contributed by atoms with E-state index in [0.29, 0.717) is 5.82 Å². The number of nitrogens with two attached hydrogens (primary N) is 1. The molecule has 90 valence electrons. The molecule has 0 aliphatic heterocycles. The summed E-state index contributed by atoms with van der Waals surface area (Å²) in [6.45, 7) is 3.31. The minimum atomic E-state index is -3.68. The van der Waals surface area contributed by atoms with Gasteiger partial charge in [-0.05, 0) is 19.4 Å². The zero-order chi connectivity index (χ0) is 12.3. The summed E-state index contributed by atoms with van der Waals surface area (Å²) in [7, 11) is -2.28. The van der Waals surface area contributed by atoms with Crippen LogP contribution in [0.2, 0.25) is 0 Å². The van der Waals surface area contributed by atoms with Gasteiger partial charge in [0, 0.05) is 19.5 Å². The average Bonchev–Trinajstić information content (AvgIpc) is 2.20. The largest absolute Gasteiger partial charge is 0.372 e. The number of aryl methyl sites for hydroxylation is 1. The molecular weight excluding hydrogens is 230 g/mol. The van der Waals surface area contributed by atoms with Crippen molar-refractivity contribution in [3.05, 3.63) is 23.8 Å². The first kappa shape index (κ1) is 13.0. The number of ether oxygens (including phenoxy) is 1. The summed E-state index contributed by atoms with van der Waals surface area (Å²) in [4.78, 5) is 8.06. The molecule has 7 heteroatoms. The minimum absolute atomic E-state index is 0.314. The van der Waals surface area contributed by atoms with Gasteiger partial charge in [0.2, 0.25) is 10.0 Å². The lowest BCUT2D eigenvalue weighted by Crippen LogP contribution is -2.33. The fourth-order valence-electron chi connectivity index (χ4n) is 1.23. The van der Waals surface area contributed by atoms with Crippen LogP contribution in [-0.4, -0.2) is 30.7 Å². The monoisotopic (exact) mass is 245 g/mol. The first-order valence-corrected chi connectivity index (χ1v) is 6.30. The third kappa shape index (κ3) is 2.97. The second-order valence-corrected chi connectivity index (χ2v) is 5.49. The molecule has 1 heterocycles. The molecule has 6 nitrogen and oxygen atoms in total. The Morgan fingerprint density at radius 1 is 1.38 bits per heavy atom. The van der Waals surface area contributed by atoms with Crippen molar-refractivity contribution in [2.75, 3.05) is 7.11 Å². The van der Waals surface area contributed by atoms with E-state index >= 15 is 0 Å². The number of hydrogen-bond acceptors (Lipinski definition) is 5. The Kier molecular flexibility index (Phi) is 3.95. The molecule has 0 bridgehead atoms. The van der Waals surface area contributed by atoms with Crippen LogP contribution >= 0.6 is 0 Å². The zero-order valence-corrected chi connectivity index (χ0v) is 10.2. The normalized spacial score (nSPS) is 15.8. The number of methoxy groups -OCH3 is 1. The molecule has 0 fully saturated rings. The van der Waals surface area contributed by atoms with Gasteiger partial charge in [0.05, 0.1) is 0 Å². The third-order valence-corrected chi connectivity index (χ3v) is 3.54. The van der Waals surface area contributed by atoms with Gasteiger partial charge in [-0.3, -0.25) is 0 Å².